The van der Waals surface area contributed by atoms with Crippen LogP contribution in [0.15, 0.2) is 60.4 Å². The molecule has 0 saturated heterocycles. The van der Waals surface area contributed by atoms with E-state index >= 15 is 0 Å². The molecule has 0 spiro atoms. The number of aromatic nitrogens is 1. The smallest absolute Gasteiger partial charge is 0.159 e. The molecule has 1 aromatic carbocycles. The number of hydrogen-bond acceptors (Lipinski definition) is 3. The molecule has 1 aromatic heterocycles. The third kappa shape index (κ3) is 4.76. The van der Waals surface area contributed by atoms with E-state index in [1.165, 1.54) is 42.4 Å². The van der Waals surface area contributed by atoms with Crippen molar-refractivity contribution in [3.63, 3.8) is 0 Å². The lowest BCUT2D eigenvalue weighted by Crippen LogP contribution is -2.12. The van der Waals surface area contributed by atoms with Gasteiger partial charge in [-0.25, -0.2) is 0 Å². The molecule has 3 heteroatoms. The number of benzene rings is 1. The van der Waals surface area contributed by atoms with Crippen molar-refractivity contribution in [1.29, 1.82) is 0 Å². The van der Waals surface area contributed by atoms with Gasteiger partial charge in [0.1, 0.15) is 0 Å². The molecule has 2 aliphatic carbocycles. The van der Waals surface area contributed by atoms with E-state index in [2.05, 4.69) is 49.7 Å². The predicted octanol–water partition coefficient (Wildman–Crippen LogP) is 6.83. The zero-order chi connectivity index (χ0) is 22.0. The number of carbonyl (C=O) groups excluding carboxylic acids is 1. The van der Waals surface area contributed by atoms with E-state index < -0.39 is 0 Å². The van der Waals surface area contributed by atoms with Gasteiger partial charge in [0.2, 0.25) is 0 Å². The van der Waals surface area contributed by atoms with Crippen LogP contribution in [0.1, 0.15) is 91.5 Å². The highest BCUT2D eigenvalue weighted by Crippen LogP contribution is 2.52. The van der Waals surface area contributed by atoms with Gasteiger partial charge < -0.3 is 0 Å². The molecule has 2 aliphatic rings. The zero-order valence-electron chi connectivity index (χ0n) is 18.9. The number of pyridine rings is 1. The fraction of sp³-hybridized carbons (Fsp3) is 0.393. The molecule has 160 valence electrons. The molecule has 0 aliphatic heterocycles. The highest BCUT2D eigenvalue weighted by molar-refractivity contribution is 5.95. The van der Waals surface area contributed by atoms with E-state index in [1.807, 2.05) is 24.5 Å². The molecule has 0 unspecified atom stereocenters. The number of ketones is 1. The van der Waals surface area contributed by atoms with Crippen LogP contribution in [-0.4, -0.2) is 16.5 Å². The van der Waals surface area contributed by atoms with Crippen LogP contribution in [0.3, 0.4) is 0 Å². The SMILES string of the molecule is C=C/C(=C\N=C(C)Cc1cc(C(C)=O)ccc1C1(CC)CC1)c1cc(C2CC2)ccn1. The highest BCUT2D eigenvalue weighted by atomic mass is 16.1. The Bertz CT molecular complexity index is 1070. The fourth-order valence-electron chi connectivity index (χ4n) is 4.44. The van der Waals surface area contributed by atoms with Crippen molar-refractivity contribution in [2.45, 2.75) is 70.6 Å². The molecule has 1 heterocycles. The van der Waals surface area contributed by atoms with Gasteiger partial charge in [0.15, 0.2) is 5.78 Å². The molecule has 2 fully saturated rings. The lowest BCUT2D eigenvalue weighted by molar-refractivity contribution is 0.101. The van der Waals surface area contributed by atoms with Gasteiger partial charge in [-0.15, -0.1) is 0 Å². The average molecular weight is 413 g/mol. The first-order valence-electron chi connectivity index (χ1n) is 11.4. The van der Waals surface area contributed by atoms with Gasteiger partial charge in [-0.3, -0.25) is 14.8 Å². The summed E-state index contributed by atoms with van der Waals surface area (Å²) in [4.78, 5) is 21.3. The van der Waals surface area contributed by atoms with Gasteiger partial charge in [-0.05, 0) is 92.2 Å². The van der Waals surface area contributed by atoms with Crippen molar-refractivity contribution in [3.05, 3.63) is 83.3 Å². The van der Waals surface area contributed by atoms with Crippen LogP contribution in [-0.2, 0) is 11.8 Å². The van der Waals surface area contributed by atoms with Crippen molar-refractivity contribution in [2.75, 3.05) is 0 Å². The Morgan fingerprint density at radius 3 is 2.61 bits per heavy atom. The molecule has 3 nitrogen and oxygen atoms in total. The molecule has 0 bridgehead atoms. The van der Waals surface area contributed by atoms with Crippen molar-refractivity contribution < 1.29 is 4.79 Å². The van der Waals surface area contributed by atoms with Crippen LogP contribution in [0.4, 0.5) is 0 Å². The highest BCUT2D eigenvalue weighted by Gasteiger charge is 2.43. The normalized spacial score (nSPS) is 18.0. The Kier molecular flexibility index (Phi) is 6.04. The van der Waals surface area contributed by atoms with Gasteiger partial charge in [0.25, 0.3) is 0 Å². The summed E-state index contributed by atoms with van der Waals surface area (Å²) >= 11 is 0. The quantitative estimate of drug-likeness (QED) is 0.257. The number of hydrogen-bond donors (Lipinski definition) is 0. The van der Waals surface area contributed by atoms with Crippen LogP contribution >= 0.6 is 0 Å². The third-order valence-electron chi connectivity index (χ3n) is 6.83. The largest absolute Gasteiger partial charge is 0.295 e. The minimum Gasteiger partial charge on any atom is -0.295 e. The Morgan fingerprint density at radius 1 is 1.23 bits per heavy atom. The Hall–Kier alpha value is -2.81. The summed E-state index contributed by atoms with van der Waals surface area (Å²) in [7, 11) is 0. The first-order valence-corrected chi connectivity index (χ1v) is 11.4. The van der Waals surface area contributed by atoms with E-state index in [4.69, 9.17) is 4.99 Å². The van der Waals surface area contributed by atoms with Crippen LogP contribution in [0, 0.1) is 0 Å². The summed E-state index contributed by atoms with van der Waals surface area (Å²) < 4.78 is 0. The third-order valence-corrected chi connectivity index (χ3v) is 6.83. The molecule has 0 amide bonds. The van der Waals surface area contributed by atoms with Crippen molar-refractivity contribution in [1.82, 2.24) is 4.98 Å². The lowest BCUT2D eigenvalue weighted by atomic mass is 9.86. The van der Waals surface area contributed by atoms with Crippen LogP contribution in [0.25, 0.3) is 5.57 Å². The van der Waals surface area contributed by atoms with Crippen molar-refractivity contribution in [3.8, 4) is 0 Å². The Labute approximate surface area is 186 Å². The van der Waals surface area contributed by atoms with E-state index in [0.29, 0.717) is 11.3 Å². The maximum Gasteiger partial charge on any atom is 0.159 e. The van der Waals surface area contributed by atoms with Gasteiger partial charge >= 0.3 is 0 Å². The Morgan fingerprint density at radius 2 is 2.00 bits per heavy atom. The second-order valence-corrected chi connectivity index (χ2v) is 9.14. The second kappa shape index (κ2) is 8.74. The maximum absolute atomic E-state index is 12.0. The second-order valence-electron chi connectivity index (χ2n) is 9.14. The fourth-order valence-corrected chi connectivity index (χ4v) is 4.44. The lowest BCUT2D eigenvalue weighted by Gasteiger charge is -2.19. The molecular formula is C28H32N2O. The summed E-state index contributed by atoms with van der Waals surface area (Å²) in [6.45, 7) is 9.92. The molecule has 0 radical (unpaired) electrons. The molecule has 2 saturated carbocycles. The van der Waals surface area contributed by atoms with E-state index in [0.717, 1.165) is 35.4 Å². The first-order chi connectivity index (χ1) is 15.0. The van der Waals surface area contributed by atoms with E-state index in [1.54, 1.807) is 6.92 Å². The van der Waals surface area contributed by atoms with Crippen LogP contribution in [0.5, 0.6) is 0 Å². The standard InChI is InChI=1S/C28H32N2O/c1-5-21(27-17-24(11-14-29-27)22-7-8-22)18-30-19(3)15-25-16-23(20(4)31)9-10-26(25)28(6-2)12-13-28/h5,9-11,14,16-18,22H,1,6-8,12-13,15H2,2-4H3/b21-18+,30-19?. The number of Topliss-reactive ketones (excluding diaryl/α,β-unsaturated/α-hetero) is 1. The number of carbonyl (C=O) groups is 1. The Balaban J connectivity index is 1.60. The van der Waals surface area contributed by atoms with Gasteiger partial charge in [0.05, 0.1) is 5.69 Å². The summed E-state index contributed by atoms with van der Waals surface area (Å²) in [6, 6.07) is 10.5. The minimum atomic E-state index is 0.110. The number of nitrogens with zero attached hydrogens (tertiary/aromatic N) is 2. The number of allylic oxidation sites excluding steroid dienone is 2. The average Bonchev–Trinajstić information content (AvgIpc) is 3.69. The summed E-state index contributed by atoms with van der Waals surface area (Å²) in [5, 5.41) is 0. The molecule has 0 atom stereocenters. The molecular weight excluding hydrogens is 380 g/mol. The minimum absolute atomic E-state index is 0.110. The predicted molar refractivity (Wildman–Crippen MR) is 129 cm³/mol. The van der Waals surface area contributed by atoms with Gasteiger partial charge in [-0.1, -0.05) is 31.7 Å². The van der Waals surface area contributed by atoms with E-state index in [-0.39, 0.29) is 5.78 Å². The monoisotopic (exact) mass is 412 g/mol. The number of rotatable bonds is 9. The topological polar surface area (TPSA) is 42.3 Å². The molecule has 4 rings (SSSR count). The summed E-state index contributed by atoms with van der Waals surface area (Å²) in [5.41, 5.74) is 7.94. The number of aliphatic imine (C=N–C) groups is 1. The maximum atomic E-state index is 12.0. The van der Waals surface area contributed by atoms with Gasteiger partial charge in [0, 0.05) is 35.7 Å². The van der Waals surface area contributed by atoms with E-state index in [9.17, 15) is 4.79 Å². The summed E-state index contributed by atoms with van der Waals surface area (Å²) in [6.07, 6.45) is 12.5. The van der Waals surface area contributed by atoms with Crippen LogP contribution in [0.2, 0.25) is 0 Å². The van der Waals surface area contributed by atoms with Crippen molar-refractivity contribution >= 4 is 17.1 Å². The first kappa shape index (κ1) is 21.4. The molecule has 2 aromatic rings. The molecule has 31 heavy (non-hydrogen) atoms. The molecule has 0 N–H and O–H groups in total. The van der Waals surface area contributed by atoms with Crippen molar-refractivity contribution in [2.24, 2.45) is 4.99 Å². The summed E-state index contributed by atoms with van der Waals surface area (Å²) in [5.74, 6) is 0.803. The van der Waals surface area contributed by atoms with Crippen LogP contribution < -0.4 is 0 Å². The van der Waals surface area contributed by atoms with Gasteiger partial charge in [-0.2, -0.15) is 0 Å². The zero-order valence-corrected chi connectivity index (χ0v) is 18.9.